The first-order valence-electron chi connectivity index (χ1n) is 5.19. The van der Waals surface area contributed by atoms with E-state index in [4.69, 9.17) is 4.42 Å². The number of furan rings is 1. The van der Waals surface area contributed by atoms with Gasteiger partial charge in [-0.05, 0) is 32.1 Å². The normalized spacial score (nSPS) is 10.8. The molecule has 1 heterocycles. The van der Waals surface area contributed by atoms with Crippen molar-refractivity contribution >= 4 is 18.0 Å². The van der Waals surface area contributed by atoms with Crippen LogP contribution < -0.4 is 5.32 Å². The van der Waals surface area contributed by atoms with Gasteiger partial charge >= 0.3 is 5.97 Å². The van der Waals surface area contributed by atoms with E-state index < -0.39 is 5.97 Å². The molecule has 0 fully saturated rings. The lowest BCUT2D eigenvalue weighted by Gasteiger charge is -2.05. The van der Waals surface area contributed by atoms with Gasteiger partial charge < -0.3 is 14.5 Å². The molecule has 1 rings (SSSR count). The maximum Gasteiger partial charge on any atom is 0.330 e. The van der Waals surface area contributed by atoms with E-state index in [1.807, 2.05) is 13.8 Å². The van der Waals surface area contributed by atoms with Crippen LogP contribution in [0.4, 0.5) is 0 Å². The van der Waals surface area contributed by atoms with Gasteiger partial charge in [0, 0.05) is 12.1 Å². The van der Waals surface area contributed by atoms with Crippen LogP contribution in [0.1, 0.15) is 30.2 Å². The second-order valence-electron chi connectivity index (χ2n) is 3.69. The number of hydrogen-bond donors (Lipinski definition) is 1. The fourth-order valence-electron chi connectivity index (χ4n) is 1.12. The quantitative estimate of drug-likeness (QED) is 0.638. The number of esters is 1. The van der Waals surface area contributed by atoms with Crippen molar-refractivity contribution in [3.8, 4) is 0 Å². The summed E-state index contributed by atoms with van der Waals surface area (Å²) in [4.78, 5) is 22.4. The number of rotatable bonds is 4. The summed E-state index contributed by atoms with van der Waals surface area (Å²) in [6.07, 6.45) is 2.67. The summed E-state index contributed by atoms with van der Waals surface area (Å²) >= 11 is 0. The molecule has 0 bridgehead atoms. The Hall–Kier alpha value is -2.04. The molecule has 0 aromatic carbocycles. The summed E-state index contributed by atoms with van der Waals surface area (Å²) in [6.45, 7) is 3.72. The Morgan fingerprint density at radius 3 is 2.71 bits per heavy atom. The van der Waals surface area contributed by atoms with Crippen molar-refractivity contribution < 1.29 is 18.7 Å². The molecule has 0 aliphatic heterocycles. The van der Waals surface area contributed by atoms with Gasteiger partial charge in [0.1, 0.15) is 5.76 Å². The lowest BCUT2D eigenvalue weighted by molar-refractivity contribution is -0.134. The summed E-state index contributed by atoms with van der Waals surface area (Å²) in [5, 5.41) is 2.70. The van der Waals surface area contributed by atoms with E-state index in [1.165, 1.54) is 19.3 Å². The highest BCUT2D eigenvalue weighted by molar-refractivity contribution is 5.92. The zero-order valence-electron chi connectivity index (χ0n) is 10.0. The summed E-state index contributed by atoms with van der Waals surface area (Å²) in [7, 11) is 1.29. The zero-order chi connectivity index (χ0) is 12.8. The minimum atomic E-state index is -0.477. The lowest BCUT2D eigenvalue weighted by atomic mass is 10.3. The van der Waals surface area contributed by atoms with Gasteiger partial charge in [-0.25, -0.2) is 4.79 Å². The first-order chi connectivity index (χ1) is 8.02. The SMILES string of the molecule is COC(=O)/C=C/c1ccc(C(=O)NC(C)C)o1. The molecule has 0 aliphatic carbocycles. The van der Waals surface area contributed by atoms with Gasteiger partial charge in [-0.2, -0.15) is 0 Å². The van der Waals surface area contributed by atoms with Crippen LogP contribution >= 0.6 is 0 Å². The molecule has 5 nitrogen and oxygen atoms in total. The van der Waals surface area contributed by atoms with E-state index in [1.54, 1.807) is 12.1 Å². The van der Waals surface area contributed by atoms with Crippen LogP contribution in [0, 0.1) is 0 Å². The molecule has 0 radical (unpaired) electrons. The Labute approximate surface area is 99.4 Å². The number of methoxy groups -OCH3 is 1. The molecule has 92 valence electrons. The molecule has 0 saturated heterocycles. The summed E-state index contributed by atoms with van der Waals surface area (Å²) in [5.41, 5.74) is 0. The van der Waals surface area contributed by atoms with Crippen molar-refractivity contribution in [2.75, 3.05) is 7.11 Å². The highest BCUT2D eigenvalue weighted by Gasteiger charge is 2.10. The van der Waals surface area contributed by atoms with Gasteiger partial charge in [0.15, 0.2) is 5.76 Å². The third kappa shape index (κ3) is 4.14. The van der Waals surface area contributed by atoms with Gasteiger partial charge in [0.25, 0.3) is 5.91 Å². The Balaban J connectivity index is 2.68. The van der Waals surface area contributed by atoms with E-state index in [2.05, 4.69) is 10.1 Å². The minimum Gasteiger partial charge on any atom is -0.466 e. The molecule has 1 aromatic heterocycles. The van der Waals surface area contributed by atoms with Crippen LogP contribution in [0.15, 0.2) is 22.6 Å². The van der Waals surface area contributed by atoms with E-state index in [0.29, 0.717) is 5.76 Å². The summed E-state index contributed by atoms with van der Waals surface area (Å²) in [5.74, 6) is -0.125. The van der Waals surface area contributed by atoms with Gasteiger partial charge in [0.2, 0.25) is 0 Å². The first kappa shape index (κ1) is 13.0. The third-order valence-electron chi connectivity index (χ3n) is 1.86. The maximum atomic E-state index is 11.5. The molecule has 0 atom stereocenters. The topological polar surface area (TPSA) is 68.5 Å². The zero-order valence-corrected chi connectivity index (χ0v) is 10.0. The average molecular weight is 237 g/mol. The van der Waals surface area contributed by atoms with Gasteiger partial charge in [-0.1, -0.05) is 0 Å². The van der Waals surface area contributed by atoms with Crippen LogP contribution in [-0.4, -0.2) is 25.0 Å². The molecular weight excluding hydrogens is 222 g/mol. The Bertz CT molecular complexity index is 431. The molecule has 1 amide bonds. The molecule has 0 aliphatic rings. The van der Waals surface area contributed by atoms with E-state index in [9.17, 15) is 9.59 Å². The number of nitrogens with one attached hydrogen (secondary N) is 1. The lowest BCUT2D eigenvalue weighted by Crippen LogP contribution is -2.29. The standard InChI is InChI=1S/C12H15NO4/c1-8(2)13-12(15)10-6-4-9(17-10)5-7-11(14)16-3/h4-8H,1-3H3,(H,13,15)/b7-5+. The monoisotopic (exact) mass is 237 g/mol. The largest absolute Gasteiger partial charge is 0.466 e. The number of ether oxygens (including phenoxy) is 1. The van der Waals surface area contributed by atoms with Crippen molar-refractivity contribution in [3.63, 3.8) is 0 Å². The highest BCUT2D eigenvalue weighted by Crippen LogP contribution is 2.09. The van der Waals surface area contributed by atoms with Gasteiger partial charge in [-0.3, -0.25) is 4.79 Å². The van der Waals surface area contributed by atoms with Crippen molar-refractivity contribution in [2.24, 2.45) is 0 Å². The number of carbonyl (C=O) groups is 2. The molecule has 0 saturated carbocycles. The second-order valence-corrected chi connectivity index (χ2v) is 3.69. The fraction of sp³-hybridized carbons (Fsp3) is 0.333. The van der Waals surface area contributed by atoms with Crippen molar-refractivity contribution in [2.45, 2.75) is 19.9 Å². The Kier molecular flexibility index (Phi) is 4.51. The molecule has 0 unspecified atom stereocenters. The fourth-order valence-corrected chi connectivity index (χ4v) is 1.12. The van der Waals surface area contributed by atoms with Gasteiger partial charge in [-0.15, -0.1) is 0 Å². The minimum absolute atomic E-state index is 0.0432. The van der Waals surface area contributed by atoms with Gasteiger partial charge in [0.05, 0.1) is 7.11 Å². The molecule has 1 aromatic rings. The predicted octanol–water partition coefficient (Wildman–Crippen LogP) is 1.60. The molecule has 17 heavy (non-hydrogen) atoms. The Morgan fingerprint density at radius 1 is 1.41 bits per heavy atom. The summed E-state index contributed by atoms with van der Waals surface area (Å²) < 4.78 is 9.67. The van der Waals surface area contributed by atoms with Crippen molar-refractivity contribution in [3.05, 3.63) is 29.7 Å². The van der Waals surface area contributed by atoms with E-state index in [0.717, 1.165) is 0 Å². The second kappa shape index (κ2) is 5.89. The third-order valence-corrected chi connectivity index (χ3v) is 1.86. The van der Waals surface area contributed by atoms with Crippen molar-refractivity contribution in [1.82, 2.24) is 5.32 Å². The predicted molar refractivity (Wildman–Crippen MR) is 62.4 cm³/mol. The maximum absolute atomic E-state index is 11.5. The van der Waals surface area contributed by atoms with E-state index >= 15 is 0 Å². The van der Waals surface area contributed by atoms with E-state index in [-0.39, 0.29) is 17.7 Å². The van der Waals surface area contributed by atoms with Crippen LogP contribution in [0.2, 0.25) is 0 Å². The first-order valence-corrected chi connectivity index (χ1v) is 5.19. The molecular formula is C12H15NO4. The number of carbonyl (C=O) groups excluding carboxylic acids is 2. The molecule has 5 heteroatoms. The molecule has 0 spiro atoms. The Morgan fingerprint density at radius 2 is 2.12 bits per heavy atom. The van der Waals surface area contributed by atoms with Crippen LogP contribution in [0.25, 0.3) is 6.08 Å². The van der Waals surface area contributed by atoms with Crippen LogP contribution in [-0.2, 0) is 9.53 Å². The van der Waals surface area contributed by atoms with Crippen molar-refractivity contribution in [1.29, 1.82) is 0 Å². The molecule has 1 N–H and O–H groups in total. The highest BCUT2D eigenvalue weighted by atomic mass is 16.5. The number of amides is 1. The smallest absolute Gasteiger partial charge is 0.330 e. The number of hydrogen-bond acceptors (Lipinski definition) is 4. The average Bonchev–Trinajstić information content (AvgIpc) is 2.73. The van der Waals surface area contributed by atoms with Crippen LogP contribution in [0.5, 0.6) is 0 Å². The summed E-state index contributed by atoms with van der Waals surface area (Å²) in [6, 6.07) is 3.20. The van der Waals surface area contributed by atoms with Crippen LogP contribution in [0.3, 0.4) is 0 Å².